The Labute approximate surface area is 127 Å². The summed E-state index contributed by atoms with van der Waals surface area (Å²) in [5.41, 5.74) is 1.61. The zero-order chi connectivity index (χ0) is 15.4. The van der Waals surface area contributed by atoms with E-state index in [-0.39, 0.29) is 6.42 Å². The molecule has 2 aromatic rings. The van der Waals surface area contributed by atoms with Crippen LogP contribution in [0.3, 0.4) is 0 Å². The van der Waals surface area contributed by atoms with Crippen molar-refractivity contribution in [1.82, 2.24) is 0 Å². The molecule has 1 fully saturated rings. The van der Waals surface area contributed by atoms with Crippen molar-refractivity contribution in [3.05, 3.63) is 65.7 Å². The van der Waals surface area contributed by atoms with Gasteiger partial charge in [-0.3, -0.25) is 9.59 Å². The van der Waals surface area contributed by atoms with Crippen molar-refractivity contribution in [2.24, 2.45) is 0 Å². The largest absolute Gasteiger partial charge is 0.489 e. The second-order valence-corrected chi connectivity index (χ2v) is 4.84. The molecule has 5 nitrogen and oxygen atoms in total. The lowest BCUT2D eigenvalue weighted by atomic mass is 10.2. The fourth-order valence-electron chi connectivity index (χ4n) is 2.09. The van der Waals surface area contributed by atoms with E-state index in [0.29, 0.717) is 17.9 Å². The first-order valence-corrected chi connectivity index (χ1v) is 6.86. The molecule has 22 heavy (non-hydrogen) atoms. The van der Waals surface area contributed by atoms with Gasteiger partial charge in [-0.2, -0.15) is 0 Å². The lowest BCUT2D eigenvalue weighted by molar-refractivity contribution is -0.204. The third-order valence-electron chi connectivity index (χ3n) is 3.14. The van der Waals surface area contributed by atoms with Crippen LogP contribution in [0.15, 0.2) is 54.6 Å². The summed E-state index contributed by atoms with van der Waals surface area (Å²) >= 11 is 0. The molecule has 2 aromatic carbocycles. The van der Waals surface area contributed by atoms with E-state index in [1.165, 1.54) is 0 Å². The first-order chi connectivity index (χ1) is 10.7. The van der Waals surface area contributed by atoms with E-state index in [4.69, 9.17) is 14.2 Å². The zero-order valence-corrected chi connectivity index (χ0v) is 11.7. The van der Waals surface area contributed by atoms with E-state index in [1.54, 1.807) is 24.3 Å². The average Bonchev–Trinajstić information content (AvgIpc) is 2.53. The quantitative estimate of drug-likeness (QED) is 0.641. The number of hydrogen-bond donors (Lipinski definition) is 0. The molecule has 3 rings (SSSR count). The van der Waals surface area contributed by atoms with E-state index in [0.717, 1.165) is 5.56 Å². The molecule has 0 saturated carbocycles. The highest BCUT2D eigenvalue weighted by molar-refractivity contribution is 5.92. The number of ether oxygens (including phenoxy) is 3. The molecule has 112 valence electrons. The van der Waals surface area contributed by atoms with E-state index in [9.17, 15) is 9.59 Å². The Morgan fingerprint density at radius 1 is 0.955 bits per heavy atom. The van der Waals surface area contributed by atoms with Crippen LogP contribution in [0, 0.1) is 0 Å². The van der Waals surface area contributed by atoms with Crippen molar-refractivity contribution in [2.75, 3.05) is 0 Å². The molecule has 5 heteroatoms. The van der Waals surface area contributed by atoms with E-state index in [1.807, 2.05) is 30.3 Å². The summed E-state index contributed by atoms with van der Waals surface area (Å²) in [7, 11) is 0. The number of carbonyl (C=O) groups is 2. The van der Waals surface area contributed by atoms with Gasteiger partial charge in [-0.15, -0.1) is 0 Å². The lowest BCUT2D eigenvalue weighted by Gasteiger charge is -2.22. The summed E-state index contributed by atoms with van der Waals surface area (Å²) in [6.45, 7) is 0.425. The maximum atomic E-state index is 11.3. The minimum atomic E-state index is -1.01. The van der Waals surface area contributed by atoms with Crippen LogP contribution in [0.1, 0.15) is 23.8 Å². The van der Waals surface area contributed by atoms with Crippen LogP contribution in [-0.4, -0.2) is 11.9 Å². The molecule has 1 saturated heterocycles. The predicted molar refractivity (Wildman–Crippen MR) is 76.8 cm³/mol. The summed E-state index contributed by atoms with van der Waals surface area (Å²) in [4.78, 5) is 22.6. The van der Waals surface area contributed by atoms with Gasteiger partial charge in [0.15, 0.2) is 0 Å². The van der Waals surface area contributed by atoms with Crippen LogP contribution in [-0.2, 0) is 25.7 Å². The van der Waals surface area contributed by atoms with Crippen molar-refractivity contribution in [1.29, 1.82) is 0 Å². The van der Waals surface area contributed by atoms with Gasteiger partial charge in [0, 0.05) is 5.56 Å². The summed E-state index contributed by atoms with van der Waals surface area (Å²) in [5, 5.41) is 0. The lowest BCUT2D eigenvalue weighted by Crippen LogP contribution is -2.26. The average molecular weight is 298 g/mol. The molecule has 0 radical (unpaired) electrons. The monoisotopic (exact) mass is 298 g/mol. The molecule has 0 atom stereocenters. The molecule has 1 aliphatic heterocycles. The highest BCUT2D eigenvalue weighted by Crippen LogP contribution is 2.27. The molecule has 0 unspecified atom stereocenters. The molecule has 0 aliphatic carbocycles. The second-order valence-electron chi connectivity index (χ2n) is 4.84. The van der Waals surface area contributed by atoms with Gasteiger partial charge >= 0.3 is 11.9 Å². The molecule has 1 heterocycles. The van der Waals surface area contributed by atoms with Crippen molar-refractivity contribution in [3.63, 3.8) is 0 Å². The minimum absolute atomic E-state index is 0.347. The molecule has 0 bridgehead atoms. The first kappa shape index (κ1) is 14.1. The van der Waals surface area contributed by atoms with E-state index in [2.05, 4.69) is 0 Å². The van der Waals surface area contributed by atoms with Gasteiger partial charge in [-0.05, 0) is 17.7 Å². The number of hydrogen-bond acceptors (Lipinski definition) is 5. The Hall–Kier alpha value is -2.82. The van der Waals surface area contributed by atoms with Gasteiger partial charge < -0.3 is 14.2 Å². The second kappa shape index (κ2) is 6.30. The van der Waals surface area contributed by atoms with Gasteiger partial charge in [-0.1, -0.05) is 42.5 Å². The Balaban J connectivity index is 1.69. The van der Waals surface area contributed by atoms with Crippen molar-refractivity contribution >= 4 is 11.9 Å². The summed E-state index contributed by atoms with van der Waals surface area (Å²) in [6, 6.07) is 16.7. The number of esters is 2. The Bertz CT molecular complexity index is 664. The molecular weight excluding hydrogens is 284 g/mol. The first-order valence-electron chi connectivity index (χ1n) is 6.86. The predicted octanol–water partition coefficient (Wildman–Crippen LogP) is 2.75. The molecular formula is C17H14O5. The minimum Gasteiger partial charge on any atom is -0.489 e. The molecule has 1 aliphatic rings. The van der Waals surface area contributed by atoms with Crippen LogP contribution < -0.4 is 4.74 Å². The molecule has 0 N–H and O–H groups in total. The molecule has 0 spiro atoms. The van der Waals surface area contributed by atoms with Crippen LogP contribution in [0.25, 0.3) is 0 Å². The Morgan fingerprint density at radius 3 is 2.41 bits per heavy atom. The summed E-state index contributed by atoms with van der Waals surface area (Å²) in [5.74, 6) is -0.562. The normalized spacial score (nSPS) is 15.1. The van der Waals surface area contributed by atoms with E-state index < -0.39 is 18.2 Å². The van der Waals surface area contributed by atoms with Crippen molar-refractivity contribution in [2.45, 2.75) is 19.3 Å². The van der Waals surface area contributed by atoms with Crippen LogP contribution >= 0.6 is 0 Å². The SMILES string of the molecule is O=C1CC(=O)OC(c2cccc(OCc3ccccc3)c2)O1. The standard InChI is InChI=1S/C17H14O5/c18-15-10-16(19)22-17(21-15)13-7-4-8-14(9-13)20-11-12-5-2-1-3-6-12/h1-9,17H,10-11H2. The molecule has 0 amide bonds. The number of carbonyl (C=O) groups excluding carboxylic acids is 2. The maximum Gasteiger partial charge on any atom is 0.320 e. The fourth-order valence-corrected chi connectivity index (χ4v) is 2.09. The van der Waals surface area contributed by atoms with Crippen LogP contribution in [0.4, 0.5) is 0 Å². The van der Waals surface area contributed by atoms with Gasteiger partial charge in [0.1, 0.15) is 18.8 Å². The zero-order valence-electron chi connectivity index (χ0n) is 11.7. The number of cyclic esters (lactones) is 2. The highest BCUT2D eigenvalue weighted by atomic mass is 16.7. The third kappa shape index (κ3) is 3.44. The summed E-state index contributed by atoms with van der Waals surface area (Å²) in [6.07, 6.45) is -1.35. The maximum absolute atomic E-state index is 11.3. The van der Waals surface area contributed by atoms with Crippen LogP contribution in [0.5, 0.6) is 5.75 Å². The number of benzene rings is 2. The third-order valence-corrected chi connectivity index (χ3v) is 3.14. The van der Waals surface area contributed by atoms with Gasteiger partial charge in [-0.25, -0.2) is 0 Å². The smallest absolute Gasteiger partial charge is 0.320 e. The molecule has 0 aromatic heterocycles. The topological polar surface area (TPSA) is 61.8 Å². The number of rotatable bonds is 4. The van der Waals surface area contributed by atoms with Crippen molar-refractivity contribution in [3.8, 4) is 5.75 Å². The van der Waals surface area contributed by atoms with Gasteiger partial charge in [0.05, 0.1) is 0 Å². The van der Waals surface area contributed by atoms with E-state index >= 15 is 0 Å². The Kier molecular flexibility index (Phi) is 4.05. The van der Waals surface area contributed by atoms with Crippen LogP contribution in [0.2, 0.25) is 0 Å². The Morgan fingerprint density at radius 2 is 1.68 bits per heavy atom. The van der Waals surface area contributed by atoms with Gasteiger partial charge in [0.25, 0.3) is 6.29 Å². The fraction of sp³-hybridized carbons (Fsp3) is 0.176. The highest BCUT2D eigenvalue weighted by Gasteiger charge is 2.29. The van der Waals surface area contributed by atoms with Crippen molar-refractivity contribution < 1.29 is 23.8 Å². The van der Waals surface area contributed by atoms with Gasteiger partial charge in [0.2, 0.25) is 0 Å². The summed E-state index contributed by atoms with van der Waals surface area (Å²) < 4.78 is 15.7.